The van der Waals surface area contributed by atoms with Gasteiger partial charge in [-0.1, -0.05) is 13.8 Å². The average molecular weight is 256 g/mol. The van der Waals surface area contributed by atoms with E-state index in [4.69, 9.17) is 4.74 Å². The van der Waals surface area contributed by atoms with Crippen molar-refractivity contribution in [2.45, 2.75) is 45.3 Å². The molecule has 0 fully saturated rings. The van der Waals surface area contributed by atoms with E-state index in [0.717, 1.165) is 0 Å². The SMILES string of the molecule is CCC(O)(CC)COc1ccc(F)cc1[C@@H](C)O. The average Bonchev–Trinajstić information content (AvgIpc) is 2.36. The molecule has 1 atom stereocenters. The van der Waals surface area contributed by atoms with Crippen molar-refractivity contribution in [3.63, 3.8) is 0 Å². The van der Waals surface area contributed by atoms with E-state index in [-0.39, 0.29) is 6.61 Å². The van der Waals surface area contributed by atoms with E-state index >= 15 is 0 Å². The van der Waals surface area contributed by atoms with Crippen LogP contribution in [0.2, 0.25) is 0 Å². The fourth-order valence-electron chi connectivity index (χ4n) is 1.64. The van der Waals surface area contributed by atoms with E-state index in [0.29, 0.717) is 24.2 Å². The van der Waals surface area contributed by atoms with Crippen LogP contribution in [-0.2, 0) is 0 Å². The highest BCUT2D eigenvalue weighted by atomic mass is 19.1. The van der Waals surface area contributed by atoms with Gasteiger partial charge in [0.2, 0.25) is 0 Å². The number of halogens is 1. The quantitative estimate of drug-likeness (QED) is 0.822. The minimum atomic E-state index is -0.885. The zero-order chi connectivity index (χ0) is 13.8. The number of aliphatic hydroxyl groups excluding tert-OH is 1. The molecule has 0 aliphatic heterocycles. The van der Waals surface area contributed by atoms with Gasteiger partial charge in [0.15, 0.2) is 0 Å². The molecule has 0 heterocycles. The third-order valence-electron chi connectivity index (χ3n) is 3.23. The summed E-state index contributed by atoms with van der Waals surface area (Å²) in [5.41, 5.74) is -0.491. The molecular weight excluding hydrogens is 235 g/mol. The van der Waals surface area contributed by atoms with Gasteiger partial charge in [0.05, 0.1) is 11.7 Å². The first kappa shape index (κ1) is 14.9. The number of ether oxygens (including phenoxy) is 1. The van der Waals surface area contributed by atoms with Crippen molar-refractivity contribution in [2.24, 2.45) is 0 Å². The van der Waals surface area contributed by atoms with Crippen molar-refractivity contribution in [1.29, 1.82) is 0 Å². The molecule has 0 spiro atoms. The lowest BCUT2D eigenvalue weighted by Crippen LogP contribution is -2.34. The monoisotopic (exact) mass is 256 g/mol. The van der Waals surface area contributed by atoms with E-state index in [2.05, 4.69) is 0 Å². The molecule has 102 valence electrons. The number of aliphatic hydroxyl groups is 2. The topological polar surface area (TPSA) is 49.7 Å². The van der Waals surface area contributed by atoms with Gasteiger partial charge in [-0.25, -0.2) is 4.39 Å². The molecule has 2 N–H and O–H groups in total. The summed E-state index contributed by atoms with van der Waals surface area (Å²) >= 11 is 0. The van der Waals surface area contributed by atoms with Crippen LogP contribution in [0.1, 0.15) is 45.3 Å². The molecule has 0 saturated heterocycles. The first-order valence-corrected chi connectivity index (χ1v) is 6.24. The Morgan fingerprint density at radius 1 is 1.33 bits per heavy atom. The van der Waals surface area contributed by atoms with Gasteiger partial charge in [-0.3, -0.25) is 0 Å². The predicted octanol–water partition coefficient (Wildman–Crippen LogP) is 2.81. The fourth-order valence-corrected chi connectivity index (χ4v) is 1.64. The van der Waals surface area contributed by atoms with Crippen LogP contribution in [0, 0.1) is 5.82 Å². The summed E-state index contributed by atoms with van der Waals surface area (Å²) in [5.74, 6) is -0.00813. The van der Waals surface area contributed by atoms with Crippen LogP contribution in [0.3, 0.4) is 0 Å². The molecule has 0 unspecified atom stereocenters. The van der Waals surface area contributed by atoms with Crippen molar-refractivity contribution in [3.05, 3.63) is 29.6 Å². The van der Waals surface area contributed by atoms with Crippen molar-refractivity contribution in [2.75, 3.05) is 6.61 Å². The van der Waals surface area contributed by atoms with Gasteiger partial charge in [-0.05, 0) is 38.0 Å². The molecule has 0 aliphatic rings. The Morgan fingerprint density at radius 3 is 2.44 bits per heavy atom. The Morgan fingerprint density at radius 2 is 1.94 bits per heavy atom. The Balaban J connectivity index is 2.85. The van der Waals surface area contributed by atoms with Gasteiger partial charge < -0.3 is 14.9 Å². The second kappa shape index (κ2) is 6.16. The van der Waals surface area contributed by atoms with Crippen molar-refractivity contribution in [1.82, 2.24) is 0 Å². The molecule has 0 radical (unpaired) electrons. The predicted molar refractivity (Wildman–Crippen MR) is 68.1 cm³/mol. The second-order valence-electron chi connectivity index (χ2n) is 4.58. The van der Waals surface area contributed by atoms with Crippen molar-refractivity contribution < 1.29 is 19.3 Å². The zero-order valence-electron chi connectivity index (χ0n) is 11.1. The summed E-state index contributed by atoms with van der Waals surface area (Å²) in [6.07, 6.45) is 0.343. The molecule has 18 heavy (non-hydrogen) atoms. The molecule has 4 heteroatoms. The molecule has 0 bridgehead atoms. The van der Waals surface area contributed by atoms with Crippen LogP contribution >= 0.6 is 0 Å². The van der Waals surface area contributed by atoms with E-state index in [1.165, 1.54) is 18.2 Å². The Labute approximate surface area is 107 Å². The van der Waals surface area contributed by atoms with Crippen molar-refractivity contribution >= 4 is 0 Å². The highest BCUT2D eigenvalue weighted by Crippen LogP contribution is 2.27. The molecule has 3 nitrogen and oxygen atoms in total. The molecular formula is C14H21FO3. The first-order chi connectivity index (χ1) is 8.41. The van der Waals surface area contributed by atoms with Crippen LogP contribution in [0.15, 0.2) is 18.2 Å². The standard InChI is InChI=1S/C14H21FO3/c1-4-14(17,5-2)9-18-13-7-6-11(15)8-12(13)10(3)16/h6-8,10,16-17H,4-5,9H2,1-3H3/t10-/m1/s1. The number of rotatable bonds is 6. The third kappa shape index (κ3) is 3.68. The summed E-state index contributed by atoms with van der Waals surface area (Å²) in [6.45, 7) is 5.44. The molecule has 1 aromatic carbocycles. The maximum atomic E-state index is 13.1. The highest BCUT2D eigenvalue weighted by molar-refractivity contribution is 5.35. The minimum absolute atomic E-state index is 0.130. The van der Waals surface area contributed by atoms with Crippen molar-refractivity contribution in [3.8, 4) is 5.75 Å². The largest absolute Gasteiger partial charge is 0.490 e. The van der Waals surface area contributed by atoms with Gasteiger partial charge >= 0.3 is 0 Å². The zero-order valence-corrected chi connectivity index (χ0v) is 11.1. The molecule has 0 aromatic heterocycles. The molecule has 1 aromatic rings. The summed E-state index contributed by atoms with van der Waals surface area (Å²) < 4.78 is 18.6. The normalized spacial score (nSPS) is 13.4. The number of benzene rings is 1. The number of hydrogen-bond donors (Lipinski definition) is 2. The maximum absolute atomic E-state index is 13.1. The van der Waals surface area contributed by atoms with E-state index in [1.807, 2.05) is 13.8 Å². The van der Waals surface area contributed by atoms with Crippen LogP contribution in [0.4, 0.5) is 4.39 Å². The molecule has 0 aliphatic carbocycles. The molecule has 0 amide bonds. The lowest BCUT2D eigenvalue weighted by Gasteiger charge is -2.26. The minimum Gasteiger partial charge on any atom is -0.490 e. The highest BCUT2D eigenvalue weighted by Gasteiger charge is 2.24. The number of hydrogen-bond acceptors (Lipinski definition) is 3. The Kier molecular flexibility index (Phi) is 5.11. The van der Waals surface area contributed by atoms with Crippen LogP contribution < -0.4 is 4.74 Å². The Hall–Kier alpha value is -1.13. The first-order valence-electron chi connectivity index (χ1n) is 6.24. The van der Waals surface area contributed by atoms with Gasteiger partial charge in [-0.15, -0.1) is 0 Å². The van der Waals surface area contributed by atoms with Gasteiger partial charge in [-0.2, -0.15) is 0 Å². The van der Waals surface area contributed by atoms with E-state index < -0.39 is 17.5 Å². The lowest BCUT2D eigenvalue weighted by atomic mass is 9.99. The van der Waals surface area contributed by atoms with E-state index in [9.17, 15) is 14.6 Å². The van der Waals surface area contributed by atoms with Gasteiger partial charge in [0.1, 0.15) is 18.2 Å². The maximum Gasteiger partial charge on any atom is 0.125 e. The fraction of sp³-hybridized carbons (Fsp3) is 0.571. The summed E-state index contributed by atoms with van der Waals surface area (Å²) in [6, 6.07) is 4.00. The van der Waals surface area contributed by atoms with Gasteiger partial charge in [0.25, 0.3) is 0 Å². The smallest absolute Gasteiger partial charge is 0.125 e. The van der Waals surface area contributed by atoms with Gasteiger partial charge in [0, 0.05) is 5.56 Å². The van der Waals surface area contributed by atoms with Crippen LogP contribution in [-0.4, -0.2) is 22.4 Å². The summed E-state index contributed by atoms with van der Waals surface area (Å²) in [5, 5.41) is 19.7. The molecule has 1 rings (SSSR count). The van der Waals surface area contributed by atoms with Crippen LogP contribution in [0.5, 0.6) is 5.75 Å². The summed E-state index contributed by atoms with van der Waals surface area (Å²) in [4.78, 5) is 0. The van der Waals surface area contributed by atoms with E-state index in [1.54, 1.807) is 6.92 Å². The third-order valence-corrected chi connectivity index (χ3v) is 3.23. The summed E-state index contributed by atoms with van der Waals surface area (Å²) in [7, 11) is 0. The lowest BCUT2D eigenvalue weighted by molar-refractivity contribution is -0.0121. The molecule has 0 saturated carbocycles. The Bertz CT molecular complexity index is 387. The second-order valence-corrected chi connectivity index (χ2v) is 4.58. The van der Waals surface area contributed by atoms with Crippen LogP contribution in [0.25, 0.3) is 0 Å².